The van der Waals surface area contributed by atoms with Gasteiger partial charge in [0.25, 0.3) is 0 Å². The highest BCUT2D eigenvalue weighted by atomic mass is 32.2. The van der Waals surface area contributed by atoms with Crippen LogP contribution in [0.25, 0.3) is 11.1 Å². The Balaban J connectivity index is 2.78. The van der Waals surface area contributed by atoms with Gasteiger partial charge in [0.2, 0.25) is 12.3 Å². The molecule has 6 nitrogen and oxygen atoms in total. The van der Waals surface area contributed by atoms with Crippen LogP contribution < -0.4 is 15.7 Å². The first-order valence-corrected chi connectivity index (χ1v) is 8.05. The van der Waals surface area contributed by atoms with Gasteiger partial charge in [0.1, 0.15) is 5.75 Å². The molecule has 0 heterocycles. The number of hydrogen-bond acceptors (Lipinski definition) is 6. The summed E-state index contributed by atoms with van der Waals surface area (Å²) in [5.41, 5.74) is 15.2. The number of nitrogen functional groups attached to an aromatic ring is 2. The fourth-order valence-corrected chi connectivity index (χ4v) is 2.89. The maximum atomic E-state index is 11.6. The SMILES string of the molecule is Cc1cc(-c2cc(C)c(N)cc2S(=O)O)c(OSO)cc1N. The third-order valence-corrected chi connectivity index (χ3v) is 4.31. The predicted octanol–water partition coefficient (Wildman–Crippen LogP) is 3.22. The molecule has 2 aromatic carbocycles. The maximum absolute atomic E-state index is 11.6. The van der Waals surface area contributed by atoms with Crippen LogP contribution in [0.2, 0.25) is 0 Å². The van der Waals surface area contributed by atoms with Crippen molar-refractivity contribution in [3.05, 3.63) is 35.4 Å². The molecule has 2 aromatic rings. The van der Waals surface area contributed by atoms with Crippen molar-refractivity contribution in [2.45, 2.75) is 18.7 Å². The molecule has 0 saturated heterocycles. The monoisotopic (exact) mass is 340 g/mol. The summed E-state index contributed by atoms with van der Waals surface area (Å²) in [6.45, 7) is 3.61. The van der Waals surface area contributed by atoms with Crippen LogP contribution in [0.1, 0.15) is 11.1 Å². The molecule has 0 radical (unpaired) electrons. The number of nitrogens with two attached hydrogens (primary N) is 2. The Kier molecular flexibility index (Phi) is 4.97. The fraction of sp³-hybridized carbons (Fsp3) is 0.143. The number of benzene rings is 2. The minimum atomic E-state index is -2.22. The molecule has 0 fully saturated rings. The van der Waals surface area contributed by atoms with E-state index in [1.165, 1.54) is 6.07 Å². The van der Waals surface area contributed by atoms with Gasteiger partial charge in [-0.3, -0.25) is 4.55 Å². The van der Waals surface area contributed by atoms with Crippen molar-refractivity contribution in [2.24, 2.45) is 0 Å². The number of hydrogen-bond donors (Lipinski definition) is 4. The van der Waals surface area contributed by atoms with Crippen molar-refractivity contribution in [3.8, 4) is 16.9 Å². The average molecular weight is 340 g/mol. The van der Waals surface area contributed by atoms with Crippen molar-refractivity contribution >= 4 is 34.8 Å². The maximum Gasteiger partial charge on any atom is 0.222 e. The number of anilines is 2. The summed E-state index contributed by atoms with van der Waals surface area (Å²) >= 11 is -2.04. The molecular formula is C14H16N2O4S2. The van der Waals surface area contributed by atoms with Crippen LogP contribution in [-0.4, -0.2) is 13.3 Å². The summed E-state index contributed by atoms with van der Waals surface area (Å²) < 4.78 is 35.2. The molecule has 0 aromatic heterocycles. The van der Waals surface area contributed by atoms with Gasteiger partial charge in [0, 0.05) is 28.6 Å². The molecule has 0 bridgehead atoms. The van der Waals surface area contributed by atoms with Gasteiger partial charge in [0.05, 0.1) is 4.90 Å². The molecule has 0 aliphatic carbocycles. The lowest BCUT2D eigenvalue weighted by atomic mass is 9.99. The van der Waals surface area contributed by atoms with Crippen molar-refractivity contribution in [1.29, 1.82) is 0 Å². The average Bonchev–Trinajstić information content (AvgIpc) is 2.45. The second kappa shape index (κ2) is 6.57. The van der Waals surface area contributed by atoms with Crippen molar-refractivity contribution in [2.75, 3.05) is 11.5 Å². The predicted molar refractivity (Wildman–Crippen MR) is 90.1 cm³/mol. The third kappa shape index (κ3) is 3.20. The highest BCUT2D eigenvalue weighted by Crippen LogP contribution is 2.39. The zero-order chi connectivity index (χ0) is 16.4. The molecule has 0 spiro atoms. The lowest BCUT2D eigenvalue weighted by molar-refractivity contribution is 0.542. The van der Waals surface area contributed by atoms with Crippen molar-refractivity contribution in [1.82, 2.24) is 0 Å². The van der Waals surface area contributed by atoms with Gasteiger partial charge in [-0.05, 0) is 43.2 Å². The van der Waals surface area contributed by atoms with Crippen LogP contribution in [0.5, 0.6) is 5.75 Å². The normalized spacial score (nSPS) is 12.2. The zero-order valence-corrected chi connectivity index (χ0v) is 13.6. The summed E-state index contributed by atoms with van der Waals surface area (Å²) in [5, 5.41) is 0. The first-order chi connectivity index (χ1) is 10.3. The Morgan fingerprint density at radius 2 is 1.59 bits per heavy atom. The molecule has 0 amide bonds. The van der Waals surface area contributed by atoms with Crippen LogP contribution in [0, 0.1) is 13.8 Å². The van der Waals surface area contributed by atoms with Crippen LogP contribution in [0.3, 0.4) is 0 Å². The summed E-state index contributed by atoms with van der Waals surface area (Å²) in [6.07, 6.45) is 0. The Bertz CT molecular complexity index is 750. The van der Waals surface area contributed by atoms with E-state index in [0.717, 1.165) is 11.1 Å². The van der Waals surface area contributed by atoms with E-state index in [9.17, 15) is 8.76 Å². The van der Waals surface area contributed by atoms with Gasteiger partial charge < -0.3 is 20.2 Å². The van der Waals surface area contributed by atoms with E-state index in [0.29, 0.717) is 28.3 Å². The lowest BCUT2D eigenvalue weighted by Gasteiger charge is -2.15. The van der Waals surface area contributed by atoms with E-state index in [2.05, 4.69) is 0 Å². The summed E-state index contributed by atoms with van der Waals surface area (Å²) in [4.78, 5) is 0.167. The molecule has 8 heteroatoms. The Morgan fingerprint density at radius 1 is 1.05 bits per heavy atom. The van der Waals surface area contributed by atoms with Gasteiger partial charge >= 0.3 is 0 Å². The topological polar surface area (TPSA) is 119 Å². The molecule has 1 unspecified atom stereocenters. The van der Waals surface area contributed by atoms with E-state index >= 15 is 0 Å². The fourth-order valence-electron chi connectivity index (χ4n) is 2.08. The summed E-state index contributed by atoms with van der Waals surface area (Å²) in [6, 6.07) is 6.47. The number of rotatable bonds is 4. The smallest absolute Gasteiger partial charge is 0.222 e. The Labute approximate surface area is 135 Å². The van der Waals surface area contributed by atoms with Crippen LogP contribution in [0.15, 0.2) is 29.2 Å². The minimum Gasteiger partial charge on any atom is -0.400 e. The zero-order valence-electron chi connectivity index (χ0n) is 12.0. The van der Waals surface area contributed by atoms with Gasteiger partial charge in [-0.15, -0.1) is 0 Å². The molecule has 0 aliphatic rings. The highest BCUT2D eigenvalue weighted by Gasteiger charge is 2.18. The van der Waals surface area contributed by atoms with E-state index in [1.807, 2.05) is 6.92 Å². The molecule has 118 valence electrons. The second-order valence-electron chi connectivity index (χ2n) is 4.82. The lowest BCUT2D eigenvalue weighted by Crippen LogP contribution is -2.00. The van der Waals surface area contributed by atoms with Crippen molar-refractivity contribution < 1.29 is 17.5 Å². The van der Waals surface area contributed by atoms with Crippen LogP contribution in [0.4, 0.5) is 11.4 Å². The highest BCUT2D eigenvalue weighted by molar-refractivity contribution is 7.89. The Hall–Kier alpha value is -1.74. The Morgan fingerprint density at radius 3 is 2.14 bits per heavy atom. The third-order valence-electron chi connectivity index (χ3n) is 3.34. The molecular weight excluding hydrogens is 324 g/mol. The van der Waals surface area contributed by atoms with Gasteiger partial charge in [0.15, 0.2) is 11.1 Å². The first kappa shape index (κ1) is 16.6. The second-order valence-corrected chi connectivity index (χ2v) is 6.07. The van der Waals surface area contributed by atoms with E-state index in [-0.39, 0.29) is 17.2 Å². The summed E-state index contributed by atoms with van der Waals surface area (Å²) in [7, 11) is 0. The minimum absolute atomic E-state index is 0.167. The van der Waals surface area contributed by atoms with Gasteiger partial charge in [-0.1, -0.05) is 0 Å². The largest absolute Gasteiger partial charge is 0.400 e. The standard InChI is InChI=1S/C14H16N2O4S2/c1-7-3-9(13(20-21-17)5-11(7)15)10-4-8(2)12(16)6-14(10)22(18)19/h3-6,17H,15-16H2,1-2H3,(H,18,19). The quantitative estimate of drug-likeness (QED) is 0.383. The molecule has 2 rings (SSSR count). The molecule has 6 N–H and O–H groups in total. The first-order valence-electron chi connectivity index (χ1n) is 6.24. The van der Waals surface area contributed by atoms with Gasteiger partial charge in [-0.25, -0.2) is 4.21 Å². The van der Waals surface area contributed by atoms with Crippen LogP contribution >= 0.6 is 12.3 Å². The van der Waals surface area contributed by atoms with E-state index < -0.39 is 11.1 Å². The van der Waals surface area contributed by atoms with Gasteiger partial charge in [-0.2, -0.15) is 0 Å². The van der Waals surface area contributed by atoms with E-state index in [1.54, 1.807) is 25.1 Å². The molecule has 0 aliphatic heterocycles. The molecule has 22 heavy (non-hydrogen) atoms. The number of aryl methyl sites for hydroxylation is 2. The van der Waals surface area contributed by atoms with Crippen LogP contribution in [-0.2, 0) is 11.1 Å². The molecule has 0 saturated carbocycles. The van der Waals surface area contributed by atoms with Crippen molar-refractivity contribution in [3.63, 3.8) is 0 Å². The summed E-state index contributed by atoms with van der Waals surface area (Å²) in [5.74, 6) is 0.298. The molecule has 1 atom stereocenters. The van der Waals surface area contributed by atoms with E-state index in [4.69, 9.17) is 20.2 Å².